The molecular formula is C64H124O17P2. The van der Waals surface area contributed by atoms with Crippen molar-refractivity contribution in [3.05, 3.63) is 0 Å². The molecule has 0 aromatic heterocycles. The Hall–Kier alpha value is -1.94. The van der Waals surface area contributed by atoms with Gasteiger partial charge in [0, 0.05) is 25.7 Å². The van der Waals surface area contributed by atoms with Crippen molar-refractivity contribution >= 4 is 39.5 Å². The summed E-state index contributed by atoms with van der Waals surface area (Å²) in [6, 6.07) is 0. The van der Waals surface area contributed by atoms with Gasteiger partial charge in [0.15, 0.2) is 12.2 Å². The standard InChI is InChI=1S/C64H124O17P2/c1-7-9-11-13-14-15-19-23-30-36-42-48-63(68)80-59(52-74-61(66)46-40-32-12-10-8-2)54-78-82(70,71)76-50-58(65)51-77-83(72,73)79-55-60(53-75-62(67)47-41-35-29-26-25-28-34-39-45-57(5)6)81-64(69)49-43-37-31-24-21-18-16-17-20-22-27-33-38-44-56(3)4/h56-60,65H,7-55H2,1-6H3,(H,70,71)(H,72,73)/t58-,59+,60+/m0/s1. The van der Waals surface area contributed by atoms with E-state index >= 15 is 0 Å². The van der Waals surface area contributed by atoms with E-state index in [1.54, 1.807) is 0 Å². The molecule has 5 atom stereocenters. The Morgan fingerprint density at radius 1 is 0.325 bits per heavy atom. The van der Waals surface area contributed by atoms with Crippen molar-refractivity contribution in [2.24, 2.45) is 11.8 Å². The minimum Gasteiger partial charge on any atom is -0.462 e. The van der Waals surface area contributed by atoms with E-state index in [0.29, 0.717) is 25.7 Å². The molecule has 0 aliphatic carbocycles. The van der Waals surface area contributed by atoms with Crippen LogP contribution in [0.3, 0.4) is 0 Å². The van der Waals surface area contributed by atoms with Crippen LogP contribution in [0.4, 0.5) is 0 Å². The molecule has 0 radical (unpaired) electrons. The number of hydrogen-bond acceptors (Lipinski definition) is 15. The molecule has 0 aromatic rings. The van der Waals surface area contributed by atoms with E-state index in [0.717, 1.165) is 108 Å². The highest BCUT2D eigenvalue weighted by molar-refractivity contribution is 7.47. The number of aliphatic hydroxyl groups is 1. The topological polar surface area (TPSA) is 237 Å². The molecule has 0 heterocycles. The first kappa shape index (κ1) is 81.1. The van der Waals surface area contributed by atoms with Crippen molar-refractivity contribution in [2.75, 3.05) is 39.6 Å². The number of carbonyl (C=O) groups is 4. The second-order valence-electron chi connectivity index (χ2n) is 24.1. The molecule has 83 heavy (non-hydrogen) atoms. The second kappa shape index (κ2) is 56.6. The summed E-state index contributed by atoms with van der Waals surface area (Å²) in [5.41, 5.74) is 0. The molecule has 0 aliphatic heterocycles. The number of phosphoric ester groups is 2. The zero-order valence-electron chi connectivity index (χ0n) is 53.5. The molecule has 0 fully saturated rings. The number of aliphatic hydroxyl groups excluding tert-OH is 1. The molecule has 0 saturated carbocycles. The Kier molecular flexibility index (Phi) is 55.2. The van der Waals surface area contributed by atoms with E-state index in [2.05, 4.69) is 41.5 Å². The van der Waals surface area contributed by atoms with Gasteiger partial charge in [-0.2, -0.15) is 0 Å². The van der Waals surface area contributed by atoms with Crippen LogP contribution < -0.4 is 0 Å². The number of esters is 4. The first-order valence-electron chi connectivity index (χ1n) is 33.5. The van der Waals surface area contributed by atoms with E-state index < -0.39 is 97.5 Å². The quantitative estimate of drug-likeness (QED) is 0.0222. The van der Waals surface area contributed by atoms with Crippen LogP contribution in [0, 0.1) is 11.8 Å². The van der Waals surface area contributed by atoms with Crippen molar-refractivity contribution in [1.82, 2.24) is 0 Å². The lowest BCUT2D eigenvalue weighted by Gasteiger charge is -2.21. The lowest BCUT2D eigenvalue weighted by Crippen LogP contribution is -2.30. The summed E-state index contributed by atoms with van der Waals surface area (Å²) in [6.07, 6.45) is 39.3. The van der Waals surface area contributed by atoms with Gasteiger partial charge in [-0.25, -0.2) is 9.13 Å². The molecule has 19 heteroatoms. The molecule has 17 nitrogen and oxygen atoms in total. The molecule has 0 spiro atoms. The number of hydrogen-bond donors (Lipinski definition) is 3. The third kappa shape index (κ3) is 58.8. The highest BCUT2D eigenvalue weighted by atomic mass is 31.2. The van der Waals surface area contributed by atoms with E-state index in [9.17, 15) is 43.2 Å². The summed E-state index contributed by atoms with van der Waals surface area (Å²) in [7, 11) is -9.88. The van der Waals surface area contributed by atoms with E-state index in [-0.39, 0.29) is 25.7 Å². The van der Waals surface area contributed by atoms with E-state index in [1.165, 1.54) is 128 Å². The molecular weight excluding hydrogens is 1100 g/mol. The molecule has 0 saturated heterocycles. The van der Waals surface area contributed by atoms with Gasteiger partial charge in [0.2, 0.25) is 0 Å². The summed E-state index contributed by atoms with van der Waals surface area (Å²) in [4.78, 5) is 72.0. The third-order valence-electron chi connectivity index (χ3n) is 14.7. The van der Waals surface area contributed by atoms with Crippen LogP contribution in [0.25, 0.3) is 0 Å². The Labute approximate surface area is 505 Å². The fraction of sp³-hybridized carbons (Fsp3) is 0.938. The summed E-state index contributed by atoms with van der Waals surface area (Å²) < 4.78 is 67.8. The molecule has 2 unspecified atom stereocenters. The maximum absolute atomic E-state index is 13.0. The van der Waals surface area contributed by atoms with Crippen molar-refractivity contribution in [3.63, 3.8) is 0 Å². The SMILES string of the molecule is CCCCCCCCCCCCCC(=O)O[C@H](COC(=O)CCCCCCC)COP(=O)(O)OC[C@H](O)COP(=O)(O)OC[C@@H](COC(=O)CCCCCCCCCCC(C)C)OC(=O)CCCCCCCCCCCCCCCC(C)C. The summed E-state index contributed by atoms with van der Waals surface area (Å²) in [5, 5.41) is 10.5. The average Bonchev–Trinajstić information content (AvgIpc) is 3.44. The van der Waals surface area contributed by atoms with Crippen LogP contribution in [0.2, 0.25) is 0 Å². The second-order valence-corrected chi connectivity index (χ2v) is 27.0. The smallest absolute Gasteiger partial charge is 0.462 e. The van der Waals surface area contributed by atoms with Gasteiger partial charge in [0.1, 0.15) is 19.3 Å². The highest BCUT2D eigenvalue weighted by Gasteiger charge is 2.30. The van der Waals surface area contributed by atoms with Gasteiger partial charge in [0.05, 0.1) is 26.4 Å². The fourth-order valence-electron chi connectivity index (χ4n) is 9.53. The zero-order chi connectivity index (χ0) is 61.5. The molecule has 492 valence electrons. The van der Waals surface area contributed by atoms with Gasteiger partial charge in [-0.15, -0.1) is 0 Å². The van der Waals surface area contributed by atoms with Gasteiger partial charge in [0.25, 0.3) is 0 Å². The number of unbranched alkanes of at least 4 members (excludes halogenated alkanes) is 33. The fourth-order valence-corrected chi connectivity index (χ4v) is 11.1. The molecule has 3 N–H and O–H groups in total. The minimum absolute atomic E-state index is 0.106. The van der Waals surface area contributed by atoms with Gasteiger partial charge >= 0.3 is 39.5 Å². The van der Waals surface area contributed by atoms with Crippen LogP contribution in [-0.4, -0.2) is 96.7 Å². The molecule has 0 aromatic carbocycles. The van der Waals surface area contributed by atoms with Gasteiger partial charge in [-0.1, -0.05) is 266 Å². The third-order valence-corrected chi connectivity index (χ3v) is 16.6. The Morgan fingerprint density at radius 3 is 0.819 bits per heavy atom. The Morgan fingerprint density at radius 2 is 0.554 bits per heavy atom. The molecule has 0 amide bonds. The molecule has 0 aliphatic rings. The Bertz CT molecular complexity index is 1630. The number of carbonyl (C=O) groups excluding carboxylic acids is 4. The predicted octanol–water partition coefficient (Wildman–Crippen LogP) is 17.7. The number of ether oxygens (including phenoxy) is 4. The zero-order valence-corrected chi connectivity index (χ0v) is 55.3. The average molecular weight is 1230 g/mol. The summed E-state index contributed by atoms with van der Waals surface area (Å²) in [6.45, 7) is 9.39. The normalized spacial score (nSPS) is 14.3. The van der Waals surface area contributed by atoms with Crippen LogP contribution in [0.1, 0.15) is 318 Å². The number of phosphoric acid groups is 2. The first-order chi connectivity index (χ1) is 39.9. The number of rotatable bonds is 63. The molecule has 0 rings (SSSR count). The van der Waals surface area contributed by atoms with Gasteiger partial charge < -0.3 is 33.8 Å². The van der Waals surface area contributed by atoms with Crippen LogP contribution in [0.5, 0.6) is 0 Å². The summed E-state index contributed by atoms with van der Waals surface area (Å²) in [5.74, 6) is -0.631. The first-order valence-corrected chi connectivity index (χ1v) is 36.5. The van der Waals surface area contributed by atoms with Crippen molar-refractivity contribution in [1.29, 1.82) is 0 Å². The van der Waals surface area contributed by atoms with Gasteiger partial charge in [-0.3, -0.25) is 37.3 Å². The largest absolute Gasteiger partial charge is 0.472 e. The van der Waals surface area contributed by atoms with Crippen molar-refractivity contribution < 1.29 is 80.2 Å². The lowest BCUT2D eigenvalue weighted by atomic mass is 10.0. The minimum atomic E-state index is -4.94. The van der Waals surface area contributed by atoms with Crippen LogP contribution >= 0.6 is 15.6 Å². The summed E-state index contributed by atoms with van der Waals surface area (Å²) >= 11 is 0. The predicted molar refractivity (Wildman–Crippen MR) is 331 cm³/mol. The van der Waals surface area contributed by atoms with Crippen LogP contribution in [0.15, 0.2) is 0 Å². The van der Waals surface area contributed by atoms with Crippen molar-refractivity contribution in [2.45, 2.75) is 336 Å². The highest BCUT2D eigenvalue weighted by Crippen LogP contribution is 2.45. The monoisotopic (exact) mass is 1230 g/mol. The van der Waals surface area contributed by atoms with Gasteiger partial charge in [-0.05, 0) is 37.5 Å². The van der Waals surface area contributed by atoms with E-state index in [1.807, 2.05) is 0 Å². The molecule has 0 bridgehead atoms. The maximum Gasteiger partial charge on any atom is 0.472 e. The van der Waals surface area contributed by atoms with Crippen LogP contribution in [-0.2, 0) is 65.4 Å². The lowest BCUT2D eigenvalue weighted by molar-refractivity contribution is -0.161. The Balaban J connectivity index is 5.16. The maximum atomic E-state index is 13.0. The van der Waals surface area contributed by atoms with E-state index in [4.69, 9.17) is 37.0 Å². The van der Waals surface area contributed by atoms with Crippen molar-refractivity contribution in [3.8, 4) is 0 Å².